The molecule has 0 aliphatic carbocycles. The van der Waals surface area contributed by atoms with Gasteiger partial charge in [0.05, 0.1) is 17.1 Å². The third kappa shape index (κ3) is 2.43. The minimum absolute atomic E-state index is 0.0221. The molecule has 2 N–H and O–H groups in total. The number of hydrogen-bond acceptors (Lipinski definition) is 5. The number of amides is 1. The first-order valence-electron chi connectivity index (χ1n) is 6.49. The second kappa shape index (κ2) is 5.10. The lowest BCUT2D eigenvalue weighted by Gasteiger charge is -2.21. The van der Waals surface area contributed by atoms with Crippen molar-refractivity contribution >= 4 is 22.9 Å². The summed E-state index contributed by atoms with van der Waals surface area (Å²) in [6, 6.07) is 3.83. The van der Waals surface area contributed by atoms with E-state index in [9.17, 15) is 14.7 Å². The molecule has 3 rings (SSSR count). The number of aliphatic carboxylic acids is 1. The minimum Gasteiger partial charge on any atom is -0.480 e. The zero-order valence-electron chi connectivity index (χ0n) is 11.0. The third-order valence-electron chi connectivity index (χ3n) is 3.54. The van der Waals surface area contributed by atoms with Gasteiger partial charge in [0.2, 0.25) is 0 Å². The van der Waals surface area contributed by atoms with Crippen LogP contribution in [0.2, 0.25) is 0 Å². The average molecular weight is 287 g/mol. The Morgan fingerprint density at radius 1 is 1.19 bits per heavy atom. The van der Waals surface area contributed by atoms with Crippen LogP contribution in [0.3, 0.4) is 0 Å². The fourth-order valence-electron chi connectivity index (χ4n) is 2.53. The Kier molecular flexibility index (Phi) is 3.26. The van der Waals surface area contributed by atoms with Crippen molar-refractivity contribution in [1.29, 1.82) is 0 Å². The van der Waals surface area contributed by atoms with E-state index in [4.69, 9.17) is 5.11 Å². The SMILES string of the molecule is O=C(O)[C@@H]1C[C@H](O)CN1C(=O)c1ccc2nccnc2c1. The van der Waals surface area contributed by atoms with E-state index in [-0.39, 0.29) is 13.0 Å². The van der Waals surface area contributed by atoms with Crippen LogP contribution >= 0.6 is 0 Å². The molecular formula is C14H13N3O4. The highest BCUT2D eigenvalue weighted by Gasteiger charge is 2.39. The number of nitrogens with zero attached hydrogens (tertiary/aromatic N) is 3. The summed E-state index contributed by atoms with van der Waals surface area (Å²) in [5, 5.41) is 18.7. The molecule has 0 spiro atoms. The number of rotatable bonds is 2. The van der Waals surface area contributed by atoms with Gasteiger partial charge in [-0.3, -0.25) is 14.8 Å². The van der Waals surface area contributed by atoms with Crippen LogP contribution in [-0.4, -0.2) is 55.6 Å². The predicted octanol–water partition coefficient (Wildman–Crippen LogP) is 0.290. The lowest BCUT2D eigenvalue weighted by Crippen LogP contribution is -2.40. The van der Waals surface area contributed by atoms with E-state index in [2.05, 4.69) is 9.97 Å². The van der Waals surface area contributed by atoms with E-state index in [1.807, 2.05) is 0 Å². The van der Waals surface area contributed by atoms with Gasteiger partial charge < -0.3 is 15.1 Å². The maximum atomic E-state index is 12.5. The number of carbonyl (C=O) groups excluding carboxylic acids is 1. The lowest BCUT2D eigenvalue weighted by molar-refractivity contribution is -0.141. The van der Waals surface area contributed by atoms with Gasteiger partial charge in [-0.15, -0.1) is 0 Å². The Morgan fingerprint density at radius 2 is 1.90 bits per heavy atom. The quantitative estimate of drug-likeness (QED) is 0.822. The first-order chi connectivity index (χ1) is 10.1. The molecule has 21 heavy (non-hydrogen) atoms. The van der Waals surface area contributed by atoms with Crippen LogP contribution in [0.25, 0.3) is 11.0 Å². The summed E-state index contributed by atoms with van der Waals surface area (Å²) in [7, 11) is 0. The van der Waals surface area contributed by atoms with Gasteiger partial charge in [-0.1, -0.05) is 0 Å². The number of carbonyl (C=O) groups is 2. The number of carboxylic acids is 1. The summed E-state index contributed by atoms with van der Waals surface area (Å²) in [6.07, 6.45) is 2.32. The van der Waals surface area contributed by atoms with Crippen LogP contribution < -0.4 is 0 Å². The van der Waals surface area contributed by atoms with Crippen LogP contribution in [0.15, 0.2) is 30.6 Å². The molecule has 108 valence electrons. The van der Waals surface area contributed by atoms with Crippen LogP contribution in [-0.2, 0) is 4.79 Å². The standard InChI is InChI=1S/C14H13N3O4/c18-9-6-12(14(20)21)17(7-9)13(19)8-1-2-10-11(5-8)16-4-3-15-10/h1-5,9,12,18H,6-7H2,(H,20,21)/t9-,12-/m0/s1. The largest absolute Gasteiger partial charge is 0.480 e. The fraction of sp³-hybridized carbons (Fsp3) is 0.286. The summed E-state index contributed by atoms with van der Waals surface area (Å²) >= 11 is 0. The molecule has 0 radical (unpaired) electrons. The van der Waals surface area contributed by atoms with Crippen molar-refractivity contribution in [2.45, 2.75) is 18.6 Å². The molecule has 1 amide bonds. The van der Waals surface area contributed by atoms with Crippen molar-refractivity contribution in [3.8, 4) is 0 Å². The van der Waals surface area contributed by atoms with E-state index in [1.54, 1.807) is 24.4 Å². The molecule has 0 unspecified atom stereocenters. The molecule has 2 heterocycles. The van der Waals surface area contributed by atoms with Crippen molar-refractivity contribution in [1.82, 2.24) is 14.9 Å². The maximum Gasteiger partial charge on any atom is 0.326 e. The van der Waals surface area contributed by atoms with Crippen molar-refractivity contribution in [2.24, 2.45) is 0 Å². The Balaban J connectivity index is 1.94. The number of aromatic nitrogens is 2. The van der Waals surface area contributed by atoms with Gasteiger partial charge in [-0.25, -0.2) is 4.79 Å². The zero-order chi connectivity index (χ0) is 15.0. The normalized spacial score (nSPS) is 21.7. The molecule has 1 saturated heterocycles. The van der Waals surface area contributed by atoms with E-state index < -0.39 is 24.0 Å². The fourth-order valence-corrected chi connectivity index (χ4v) is 2.53. The number of benzene rings is 1. The van der Waals surface area contributed by atoms with Crippen molar-refractivity contribution < 1.29 is 19.8 Å². The predicted molar refractivity (Wildman–Crippen MR) is 72.6 cm³/mol. The summed E-state index contributed by atoms with van der Waals surface area (Å²) in [5.74, 6) is -1.54. The second-order valence-corrected chi connectivity index (χ2v) is 4.96. The van der Waals surface area contributed by atoms with E-state index >= 15 is 0 Å². The summed E-state index contributed by atoms with van der Waals surface area (Å²) in [4.78, 5) is 33.1. The van der Waals surface area contributed by atoms with Crippen LogP contribution in [0.4, 0.5) is 0 Å². The molecule has 2 aromatic rings. The molecule has 2 atom stereocenters. The summed E-state index contributed by atoms with van der Waals surface area (Å²) in [6.45, 7) is 0.0221. The Bertz CT molecular complexity index is 718. The van der Waals surface area contributed by atoms with E-state index in [1.165, 1.54) is 11.1 Å². The van der Waals surface area contributed by atoms with E-state index in [0.29, 0.717) is 16.6 Å². The minimum atomic E-state index is -1.11. The smallest absolute Gasteiger partial charge is 0.326 e. The van der Waals surface area contributed by atoms with Gasteiger partial charge in [0.15, 0.2) is 0 Å². The van der Waals surface area contributed by atoms with Gasteiger partial charge >= 0.3 is 5.97 Å². The summed E-state index contributed by atoms with van der Waals surface area (Å²) < 4.78 is 0. The van der Waals surface area contributed by atoms with Crippen molar-refractivity contribution in [3.05, 3.63) is 36.2 Å². The molecule has 1 aliphatic heterocycles. The topological polar surface area (TPSA) is 104 Å². The van der Waals surface area contributed by atoms with Gasteiger partial charge in [0.1, 0.15) is 6.04 Å². The maximum absolute atomic E-state index is 12.5. The third-order valence-corrected chi connectivity index (χ3v) is 3.54. The number of likely N-dealkylation sites (tertiary alicyclic amines) is 1. The van der Waals surface area contributed by atoms with Gasteiger partial charge in [-0.2, -0.15) is 0 Å². The molecule has 0 bridgehead atoms. The van der Waals surface area contributed by atoms with Gasteiger partial charge in [0, 0.05) is 30.9 Å². The Morgan fingerprint density at radius 3 is 2.62 bits per heavy atom. The molecule has 1 aromatic carbocycles. The number of β-amino-alcohol motifs (C(OH)–C–C–N with tert-alkyl or cyclic N) is 1. The lowest BCUT2D eigenvalue weighted by atomic mass is 10.1. The molecular weight excluding hydrogens is 274 g/mol. The van der Waals surface area contributed by atoms with Crippen LogP contribution in [0.5, 0.6) is 0 Å². The second-order valence-electron chi connectivity index (χ2n) is 4.96. The number of aliphatic hydroxyl groups is 1. The molecule has 1 aromatic heterocycles. The first kappa shape index (κ1) is 13.4. The number of carboxylic acid groups (broad SMARTS) is 1. The molecule has 0 saturated carbocycles. The van der Waals surface area contributed by atoms with Crippen molar-refractivity contribution in [2.75, 3.05) is 6.54 Å². The molecule has 1 fully saturated rings. The molecule has 1 aliphatic rings. The number of aliphatic hydroxyl groups excluding tert-OH is 1. The highest BCUT2D eigenvalue weighted by Crippen LogP contribution is 2.22. The monoisotopic (exact) mass is 287 g/mol. The highest BCUT2D eigenvalue weighted by atomic mass is 16.4. The highest BCUT2D eigenvalue weighted by molar-refractivity contribution is 5.99. The number of fused-ring (bicyclic) bond motifs is 1. The van der Waals surface area contributed by atoms with Crippen LogP contribution in [0.1, 0.15) is 16.8 Å². The van der Waals surface area contributed by atoms with Gasteiger partial charge in [-0.05, 0) is 18.2 Å². The van der Waals surface area contributed by atoms with Gasteiger partial charge in [0.25, 0.3) is 5.91 Å². The van der Waals surface area contributed by atoms with Crippen molar-refractivity contribution in [3.63, 3.8) is 0 Å². The zero-order valence-corrected chi connectivity index (χ0v) is 11.0. The van der Waals surface area contributed by atoms with Crippen LogP contribution in [0, 0.1) is 0 Å². The molecule has 7 heteroatoms. The Labute approximate surface area is 119 Å². The Hall–Kier alpha value is -2.54. The molecule has 7 nitrogen and oxygen atoms in total. The first-order valence-corrected chi connectivity index (χ1v) is 6.49. The number of hydrogen-bond donors (Lipinski definition) is 2. The van der Waals surface area contributed by atoms with E-state index in [0.717, 1.165) is 0 Å². The summed E-state index contributed by atoms with van der Waals surface area (Å²) in [5.41, 5.74) is 1.56. The average Bonchev–Trinajstić information content (AvgIpc) is 2.88.